The van der Waals surface area contributed by atoms with Crippen molar-refractivity contribution in [3.63, 3.8) is 0 Å². The van der Waals surface area contributed by atoms with Gasteiger partial charge in [-0.1, -0.05) is 26.7 Å². The van der Waals surface area contributed by atoms with Crippen molar-refractivity contribution in [3.8, 4) is 0 Å². The Hall–Kier alpha value is -2.18. The second-order valence-corrected chi connectivity index (χ2v) is 8.26. The zero-order valence-corrected chi connectivity index (χ0v) is 16.9. The van der Waals surface area contributed by atoms with Crippen molar-refractivity contribution < 1.29 is 4.79 Å². The lowest BCUT2D eigenvalue weighted by Gasteiger charge is -2.37. The Morgan fingerprint density at radius 1 is 1.07 bits per heavy atom. The average molecular weight is 371 g/mol. The maximum absolute atomic E-state index is 12.7. The summed E-state index contributed by atoms with van der Waals surface area (Å²) in [6.07, 6.45) is 4.54. The molecule has 0 unspecified atom stereocenters. The molecule has 2 aliphatic rings. The third-order valence-corrected chi connectivity index (χ3v) is 5.96. The second-order valence-electron chi connectivity index (χ2n) is 8.26. The maximum Gasteiger partial charge on any atom is 0.225 e. The summed E-state index contributed by atoms with van der Waals surface area (Å²) in [5.41, 5.74) is 2.87. The van der Waals surface area contributed by atoms with E-state index in [1.165, 1.54) is 12.8 Å². The summed E-state index contributed by atoms with van der Waals surface area (Å²) in [7, 11) is 1.96. The van der Waals surface area contributed by atoms with E-state index in [0.29, 0.717) is 5.91 Å². The fourth-order valence-electron chi connectivity index (χ4n) is 4.38. The molecule has 0 spiro atoms. The average Bonchev–Trinajstić information content (AvgIpc) is 3.29. The second kappa shape index (κ2) is 7.09. The van der Waals surface area contributed by atoms with Crippen molar-refractivity contribution in [2.75, 3.05) is 31.1 Å². The number of hydrogen-bond donors (Lipinski definition) is 0. The van der Waals surface area contributed by atoms with Gasteiger partial charge < -0.3 is 9.80 Å². The summed E-state index contributed by atoms with van der Waals surface area (Å²) in [4.78, 5) is 26.7. The first-order valence-corrected chi connectivity index (χ1v) is 10.2. The first-order valence-electron chi connectivity index (χ1n) is 10.2. The fraction of sp³-hybridized carbons (Fsp3) is 0.700. The highest BCUT2D eigenvalue weighted by Gasteiger charge is 2.31. The summed E-state index contributed by atoms with van der Waals surface area (Å²) >= 11 is 0. The third-order valence-electron chi connectivity index (χ3n) is 5.96. The molecular weight excluding hydrogens is 340 g/mol. The number of amides is 1. The lowest BCUT2D eigenvalue weighted by atomic mass is 10.1. The van der Waals surface area contributed by atoms with Gasteiger partial charge in [0.25, 0.3) is 0 Å². The summed E-state index contributed by atoms with van der Waals surface area (Å²) in [5, 5.41) is 4.56. The molecule has 7 heteroatoms. The SMILES string of the molecule is Cc1nn(C)c2c(N3CCN(C(=O)C4CCCC4)CC3)nc(C(C)C)nc12. The van der Waals surface area contributed by atoms with Crippen molar-refractivity contribution in [3.05, 3.63) is 11.5 Å². The Labute approximate surface area is 160 Å². The monoisotopic (exact) mass is 370 g/mol. The molecule has 4 rings (SSSR count). The third kappa shape index (κ3) is 3.28. The van der Waals surface area contributed by atoms with Gasteiger partial charge in [-0.2, -0.15) is 5.10 Å². The van der Waals surface area contributed by atoms with E-state index in [9.17, 15) is 4.79 Å². The van der Waals surface area contributed by atoms with Gasteiger partial charge in [-0.3, -0.25) is 9.48 Å². The van der Waals surface area contributed by atoms with Gasteiger partial charge in [0.05, 0.1) is 5.69 Å². The van der Waals surface area contributed by atoms with Gasteiger partial charge in [0.15, 0.2) is 5.82 Å². The Kier molecular flexibility index (Phi) is 4.78. The number of nitrogens with zero attached hydrogens (tertiary/aromatic N) is 6. The molecule has 1 saturated heterocycles. The summed E-state index contributed by atoms with van der Waals surface area (Å²) < 4.78 is 1.89. The van der Waals surface area contributed by atoms with E-state index in [1.807, 2.05) is 18.7 Å². The molecule has 146 valence electrons. The van der Waals surface area contributed by atoms with Crippen LogP contribution >= 0.6 is 0 Å². The number of aromatic nitrogens is 4. The molecule has 27 heavy (non-hydrogen) atoms. The molecule has 2 fully saturated rings. The van der Waals surface area contributed by atoms with Crippen molar-refractivity contribution in [1.82, 2.24) is 24.6 Å². The molecule has 3 heterocycles. The standard InChI is InChI=1S/C20H30N6O/c1-13(2)18-21-16-14(3)23-24(4)17(16)19(22-18)25-9-11-26(12-10-25)20(27)15-7-5-6-8-15/h13,15H,5-12H2,1-4H3. The number of piperazine rings is 1. The Balaban J connectivity index is 1.59. The van der Waals surface area contributed by atoms with E-state index < -0.39 is 0 Å². The van der Waals surface area contributed by atoms with E-state index in [-0.39, 0.29) is 11.8 Å². The van der Waals surface area contributed by atoms with Crippen LogP contribution in [-0.4, -0.2) is 56.7 Å². The Morgan fingerprint density at radius 3 is 2.37 bits per heavy atom. The van der Waals surface area contributed by atoms with Gasteiger partial charge in [0.1, 0.15) is 16.9 Å². The Bertz CT molecular complexity index is 844. The predicted molar refractivity (Wildman–Crippen MR) is 106 cm³/mol. The van der Waals surface area contributed by atoms with Crippen LogP contribution in [0.15, 0.2) is 0 Å². The number of carbonyl (C=O) groups excluding carboxylic acids is 1. The molecule has 1 aliphatic heterocycles. The van der Waals surface area contributed by atoms with Crippen LogP contribution in [0.3, 0.4) is 0 Å². The highest BCUT2D eigenvalue weighted by Crippen LogP contribution is 2.30. The molecule has 1 aliphatic carbocycles. The van der Waals surface area contributed by atoms with Crippen LogP contribution < -0.4 is 4.90 Å². The molecule has 0 aromatic carbocycles. The topological polar surface area (TPSA) is 67.2 Å². The molecule has 1 saturated carbocycles. The van der Waals surface area contributed by atoms with Crippen LogP contribution in [0.5, 0.6) is 0 Å². The molecule has 0 N–H and O–H groups in total. The lowest BCUT2D eigenvalue weighted by Crippen LogP contribution is -2.50. The van der Waals surface area contributed by atoms with Crippen molar-refractivity contribution in [1.29, 1.82) is 0 Å². The Morgan fingerprint density at radius 2 is 1.74 bits per heavy atom. The van der Waals surface area contributed by atoms with Gasteiger partial charge in [-0.15, -0.1) is 0 Å². The van der Waals surface area contributed by atoms with E-state index in [2.05, 4.69) is 28.7 Å². The maximum atomic E-state index is 12.7. The summed E-state index contributed by atoms with van der Waals surface area (Å²) in [5.74, 6) is 2.70. The molecule has 0 radical (unpaired) electrons. The number of fused-ring (bicyclic) bond motifs is 1. The van der Waals surface area contributed by atoms with Crippen molar-refractivity contribution in [2.24, 2.45) is 13.0 Å². The quantitative estimate of drug-likeness (QED) is 0.831. The molecule has 0 bridgehead atoms. The summed E-state index contributed by atoms with van der Waals surface area (Å²) in [6, 6.07) is 0. The zero-order valence-electron chi connectivity index (χ0n) is 16.9. The molecule has 7 nitrogen and oxygen atoms in total. The van der Waals surface area contributed by atoms with Gasteiger partial charge >= 0.3 is 0 Å². The van der Waals surface area contributed by atoms with Gasteiger partial charge in [0.2, 0.25) is 5.91 Å². The first kappa shape index (κ1) is 18.2. The van der Waals surface area contributed by atoms with Crippen LogP contribution in [0.25, 0.3) is 11.0 Å². The normalized spacial score (nSPS) is 18.9. The highest BCUT2D eigenvalue weighted by molar-refractivity contribution is 5.88. The van der Waals surface area contributed by atoms with Crippen LogP contribution in [-0.2, 0) is 11.8 Å². The van der Waals surface area contributed by atoms with E-state index in [4.69, 9.17) is 9.97 Å². The molecule has 2 aromatic rings. The van der Waals surface area contributed by atoms with E-state index in [1.54, 1.807) is 0 Å². The van der Waals surface area contributed by atoms with Crippen LogP contribution in [0, 0.1) is 12.8 Å². The number of carbonyl (C=O) groups is 1. The number of anilines is 1. The van der Waals surface area contributed by atoms with Crippen molar-refractivity contribution >= 4 is 22.8 Å². The number of aryl methyl sites for hydroxylation is 2. The van der Waals surface area contributed by atoms with Gasteiger partial charge in [-0.25, -0.2) is 9.97 Å². The minimum absolute atomic E-state index is 0.259. The zero-order chi connectivity index (χ0) is 19.1. The highest BCUT2D eigenvalue weighted by atomic mass is 16.2. The molecule has 0 atom stereocenters. The van der Waals surface area contributed by atoms with Crippen molar-refractivity contribution in [2.45, 2.75) is 52.4 Å². The largest absolute Gasteiger partial charge is 0.351 e. The smallest absolute Gasteiger partial charge is 0.225 e. The fourth-order valence-corrected chi connectivity index (χ4v) is 4.38. The number of hydrogen-bond acceptors (Lipinski definition) is 5. The van der Waals surface area contributed by atoms with Gasteiger partial charge in [-0.05, 0) is 19.8 Å². The molecule has 2 aromatic heterocycles. The summed E-state index contributed by atoms with van der Waals surface area (Å²) in [6.45, 7) is 9.41. The molecule has 1 amide bonds. The first-order chi connectivity index (χ1) is 13.0. The van der Waals surface area contributed by atoms with E-state index >= 15 is 0 Å². The van der Waals surface area contributed by atoms with Crippen LogP contribution in [0.1, 0.15) is 57.0 Å². The predicted octanol–water partition coefficient (Wildman–Crippen LogP) is 2.63. The van der Waals surface area contributed by atoms with Crippen LogP contribution in [0.4, 0.5) is 5.82 Å². The molecular formula is C20H30N6O. The van der Waals surface area contributed by atoms with Crippen LogP contribution in [0.2, 0.25) is 0 Å². The van der Waals surface area contributed by atoms with Gasteiger partial charge in [0, 0.05) is 45.1 Å². The van der Waals surface area contributed by atoms with E-state index in [0.717, 1.165) is 67.4 Å². The number of rotatable bonds is 3. The minimum atomic E-state index is 0.259. The lowest BCUT2D eigenvalue weighted by molar-refractivity contribution is -0.135. The minimum Gasteiger partial charge on any atom is -0.351 e.